The first-order chi connectivity index (χ1) is 15.2. The monoisotopic (exact) mass is 482 g/mol. The SMILES string of the molecule is CCOc1ccc(C(C)NC(=O)C2CCN(S(=O)(=O)Cc3c(F)cccc3Cl)CC2)cc1. The maximum absolute atomic E-state index is 14.0. The lowest BCUT2D eigenvalue weighted by molar-refractivity contribution is -0.126. The van der Waals surface area contributed by atoms with Gasteiger partial charge in [0.05, 0.1) is 18.4 Å². The van der Waals surface area contributed by atoms with Gasteiger partial charge in [0.2, 0.25) is 15.9 Å². The number of amides is 1. The van der Waals surface area contributed by atoms with Crippen LogP contribution in [0.1, 0.15) is 43.9 Å². The Hall–Kier alpha value is -2.16. The van der Waals surface area contributed by atoms with Crippen LogP contribution >= 0.6 is 11.6 Å². The minimum atomic E-state index is -3.74. The molecule has 1 unspecified atom stereocenters. The molecule has 1 fully saturated rings. The van der Waals surface area contributed by atoms with E-state index in [2.05, 4.69) is 5.32 Å². The Labute approximate surface area is 193 Å². The van der Waals surface area contributed by atoms with Gasteiger partial charge in [-0.05, 0) is 56.5 Å². The minimum Gasteiger partial charge on any atom is -0.494 e. The van der Waals surface area contributed by atoms with Crippen LogP contribution in [-0.2, 0) is 20.6 Å². The third kappa shape index (κ3) is 5.99. The number of rotatable bonds is 8. The van der Waals surface area contributed by atoms with E-state index in [0.29, 0.717) is 19.4 Å². The summed E-state index contributed by atoms with van der Waals surface area (Å²) in [5.74, 6) is -0.729. The van der Waals surface area contributed by atoms with Crippen LogP contribution in [0.5, 0.6) is 5.75 Å². The van der Waals surface area contributed by atoms with Crippen molar-refractivity contribution in [1.82, 2.24) is 9.62 Å². The summed E-state index contributed by atoms with van der Waals surface area (Å²) in [4.78, 5) is 12.7. The number of piperidine rings is 1. The summed E-state index contributed by atoms with van der Waals surface area (Å²) < 4.78 is 46.3. The Morgan fingerprint density at radius 2 is 1.88 bits per heavy atom. The summed E-state index contributed by atoms with van der Waals surface area (Å²) >= 11 is 5.98. The number of hydrogen-bond donors (Lipinski definition) is 1. The zero-order valence-electron chi connectivity index (χ0n) is 18.2. The highest BCUT2D eigenvalue weighted by molar-refractivity contribution is 7.88. The maximum atomic E-state index is 14.0. The Kier molecular flexibility index (Phi) is 8.14. The molecule has 0 radical (unpaired) electrons. The minimum absolute atomic E-state index is 0.0294. The molecule has 0 spiro atoms. The number of nitrogens with one attached hydrogen (secondary N) is 1. The third-order valence-electron chi connectivity index (χ3n) is 5.66. The number of sulfonamides is 1. The molecule has 1 heterocycles. The molecule has 174 valence electrons. The van der Waals surface area contributed by atoms with Gasteiger partial charge in [-0.3, -0.25) is 4.79 Å². The van der Waals surface area contributed by atoms with Crippen molar-refractivity contribution in [2.45, 2.75) is 38.5 Å². The number of carbonyl (C=O) groups is 1. The molecule has 1 atom stereocenters. The first kappa shape index (κ1) is 24.5. The second kappa shape index (κ2) is 10.6. The second-order valence-electron chi connectivity index (χ2n) is 7.86. The van der Waals surface area contributed by atoms with E-state index in [4.69, 9.17) is 16.3 Å². The second-order valence-corrected chi connectivity index (χ2v) is 10.2. The standard InChI is InChI=1S/C23H28ClFN2O4S/c1-3-31-19-9-7-17(8-10-19)16(2)26-23(28)18-11-13-27(14-12-18)32(29,30)15-20-21(24)5-4-6-22(20)25/h4-10,16,18H,3,11-15H2,1-2H3,(H,26,28). The van der Waals surface area contributed by atoms with E-state index >= 15 is 0 Å². The Bertz CT molecular complexity index is 1020. The zero-order chi connectivity index (χ0) is 23.3. The normalized spacial score (nSPS) is 16.5. The van der Waals surface area contributed by atoms with Crippen molar-refractivity contribution in [2.75, 3.05) is 19.7 Å². The predicted octanol–water partition coefficient (Wildman–Crippen LogP) is 4.30. The number of halogens is 2. The lowest BCUT2D eigenvalue weighted by atomic mass is 9.96. The van der Waals surface area contributed by atoms with Gasteiger partial charge < -0.3 is 10.1 Å². The Balaban J connectivity index is 1.54. The van der Waals surface area contributed by atoms with Gasteiger partial charge in [-0.25, -0.2) is 17.1 Å². The van der Waals surface area contributed by atoms with Gasteiger partial charge >= 0.3 is 0 Å². The van der Waals surface area contributed by atoms with Crippen LogP contribution in [0, 0.1) is 11.7 Å². The fraction of sp³-hybridized carbons (Fsp3) is 0.435. The summed E-state index contributed by atoms with van der Waals surface area (Å²) in [6.07, 6.45) is 0.818. The Morgan fingerprint density at radius 1 is 1.22 bits per heavy atom. The van der Waals surface area contributed by atoms with Crippen molar-refractivity contribution in [3.8, 4) is 5.75 Å². The quantitative estimate of drug-likeness (QED) is 0.608. The fourth-order valence-electron chi connectivity index (χ4n) is 3.77. The Morgan fingerprint density at radius 3 is 2.47 bits per heavy atom. The van der Waals surface area contributed by atoms with Crippen LogP contribution in [0.3, 0.4) is 0 Å². The smallest absolute Gasteiger partial charge is 0.223 e. The summed E-state index contributed by atoms with van der Waals surface area (Å²) in [5, 5.41) is 3.10. The predicted molar refractivity (Wildman–Crippen MR) is 122 cm³/mol. The van der Waals surface area contributed by atoms with Gasteiger partial charge in [-0.1, -0.05) is 29.8 Å². The fourth-order valence-corrected chi connectivity index (χ4v) is 5.69. The van der Waals surface area contributed by atoms with E-state index in [1.807, 2.05) is 38.1 Å². The van der Waals surface area contributed by atoms with Gasteiger partial charge in [0.1, 0.15) is 11.6 Å². The van der Waals surface area contributed by atoms with Crippen molar-refractivity contribution in [3.63, 3.8) is 0 Å². The molecule has 1 amide bonds. The molecular weight excluding hydrogens is 455 g/mol. The molecule has 9 heteroatoms. The van der Waals surface area contributed by atoms with E-state index < -0.39 is 21.6 Å². The first-order valence-electron chi connectivity index (χ1n) is 10.6. The van der Waals surface area contributed by atoms with Crippen molar-refractivity contribution in [2.24, 2.45) is 5.92 Å². The molecule has 6 nitrogen and oxygen atoms in total. The highest BCUT2D eigenvalue weighted by Gasteiger charge is 2.32. The maximum Gasteiger partial charge on any atom is 0.223 e. The molecule has 1 N–H and O–H groups in total. The summed E-state index contributed by atoms with van der Waals surface area (Å²) in [6.45, 7) is 4.84. The van der Waals surface area contributed by atoms with Gasteiger partial charge in [0, 0.05) is 29.6 Å². The molecule has 1 aliphatic heterocycles. The molecule has 2 aromatic rings. The molecule has 0 aromatic heterocycles. The highest BCUT2D eigenvalue weighted by Crippen LogP contribution is 2.26. The number of nitrogens with zero attached hydrogens (tertiary/aromatic N) is 1. The average molecular weight is 483 g/mol. The lowest BCUT2D eigenvalue weighted by Crippen LogP contribution is -2.43. The molecule has 0 aliphatic carbocycles. The van der Waals surface area contributed by atoms with E-state index in [0.717, 1.165) is 11.3 Å². The molecular formula is C23H28ClFN2O4S. The summed E-state index contributed by atoms with van der Waals surface area (Å²) in [7, 11) is -3.74. The van der Waals surface area contributed by atoms with Crippen LogP contribution in [0.2, 0.25) is 5.02 Å². The van der Waals surface area contributed by atoms with E-state index in [1.165, 1.54) is 22.5 Å². The number of ether oxygens (including phenoxy) is 1. The van der Waals surface area contributed by atoms with Gasteiger partial charge in [0.15, 0.2) is 0 Å². The highest BCUT2D eigenvalue weighted by atomic mass is 35.5. The van der Waals surface area contributed by atoms with Crippen molar-refractivity contribution < 1.29 is 22.3 Å². The molecule has 1 saturated heterocycles. The van der Waals surface area contributed by atoms with Crippen LogP contribution < -0.4 is 10.1 Å². The van der Waals surface area contributed by atoms with Crippen LogP contribution in [0.15, 0.2) is 42.5 Å². The van der Waals surface area contributed by atoms with E-state index in [9.17, 15) is 17.6 Å². The first-order valence-corrected chi connectivity index (χ1v) is 12.6. The van der Waals surface area contributed by atoms with Gasteiger partial charge in [-0.15, -0.1) is 0 Å². The average Bonchev–Trinajstić information content (AvgIpc) is 2.77. The number of carbonyl (C=O) groups excluding carboxylic acids is 1. The van der Waals surface area contributed by atoms with Crippen molar-refractivity contribution in [3.05, 3.63) is 64.4 Å². The topological polar surface area (TPSA) is 75.7 Å². The van der Waals surface area contributed by atoms with Crippen LogP contribution in [-0.4, -0.2) is 38.3 Å². The van der Waals surface area contributed by atoms with E-state index in [1.54, 1.807) is 0 Å². The van der Waals surface area contributed by atoms with Crippen molar-refractivity contribution in [1.29, 1.82) is 0 Å². The zero-order valence-corrected chi connectivity index (χ0v) is 19.8. The molecule has 3 rings (SSSR count). The van der Waals surface area contributed by atoms with E-state index in [-0.39, 0.29) is 41.5 Å². The lowest BCUT2D eigenvalue weighted by Gasteiger charge is -2.31. The molecule has 0 bridgehead atoms. The summed E-state index contributed by atoms with van der Waals surface area (Å²) in [6, 6.07) is 11.5. The molecule has 0 saturated carbocycles. The van der Waals surface area contributed by atoms with Gasteiger partial charge in [0.25, 0.3) is 0 Å². The molecule has 2 aromatic carbocycles. The largest absolute Gasteiger partial charge is 0.494 e. The van der Waals surface area contributed by atoms with Crippen molar-refractivity contribution >= 4 is 27.5 Å². The van der Waals surface area contributed by atoms with Crippen LogP contribution in [0.25, 0.3) is 0 Å². The molecule has 1 aliphatic rings. The third-order valence-corrected chi connectivity index (χ3v) is 7.82. The molecule has 32 heavy (non-hydrogen) atoms. The number of hydrogen-bond acceptors (Lipinski definition) is 4. The van der Waals surface area contributed by atoms with Crippen LogP contribution in [0.4, 0.5) is 4.39 Å². The van der Waals surface area contributed by atoms with Gasteiger partial charge in [-0.2, -0.15) is 0 Å². The summed E-state index contributed by atoms with van der Waals surface area (Å²) in [5.41, 5.74) is 0.932. The number of benzene rings is 2.